The van der Waals surface area contributed by atoms with E-state index in [0.29, 0.717) is 5.56 Å². The molecule has 2 fully saturated rings. The van der Waals surface area contributed by atoms with Crippen LogP contribution in [0.5, 0.6) is 0 Å². The van der Waals surface area contributed by atoms with Crippen LogP contribution in [0.15, 0.2) is 30.7 Å². The van der Waals surface area contributed by atoms with Crippen LogP contribution in [0, 0.1) is 30.1 Å². The van der Waals surface area contributed by atoms with E-state index in [1.165, 1.54) is 25.7 Å². The molecule has 0 atom stereocenters. The Morgan fingerprint density at radius 1 is 0.926 bits per heavy atom. The molecule has 0 spiro atoms. The van der Waals surface area contributed by atoms with Crippen LogP contribution in [-0.4, -0.2) is 41.1 Å². The van der Waals surface area contributed by atoms with E-state index in [9.17, 15) is 0 Å². The first-order valence-corrected chi connectivity index (χ1v) is 9.87. The maximum atomic E-state index is 9.08. The molecule has 140 valence electrons. The number of aromatic nitrogens is 3. The van der Waals surface area contributed by atoms with Crippen LogP contribution in [0.4, 0.5) is 11.8 Å². The predicted molar refractivity (Wildman–Crippen MR) is 106 cm³/mol. The lowest BCUT2D eigenvalue weighted by atomic mass is 9.79. The third kappa shape index (κ3) is 4.02. The minimum absolute atomic E-state index is 0.688. The Balaban J connectivity index is 1.29. The van der Waals surface area contributed by atoms with Crippen molar-refractivity contribution < 1.29 is 0 Å². The molecule has 2 aliphatic heterocycles. The fourth-order valence-electron chi connectivity index (χ4n) is 4.38. The van der Waals surface area contributed by atoms with Gasteiger partial charge in [-0.25, -0.2) is 15.0 Å². The van der Waals surface area contributed by atoms with Crippen LogP contribution in [-0.2, 0) is 0 Å². The number of nitrogens with zero attached hydrogens (tertiary/aromatic N) is 6. The fraction of sp³-hybridized carbons (Fsp3) is 0.524. The predicted octanol–water partition coefficient (Wildman–Crippen LogP) is 3.18. The third-order valence-corrected chi connectivity index (χ3v) is 5.99. The van der Waals surface area contributed by atoms with Crippen molar-refractivity contribution in [3.63, 3.8) is 0 Å². The second-order valence-corrected chi connectivity index (χ2v) is 7.72. The van der Waals surface area contributed by atoms with Gasteiger partial charge < -0.3 is 9.80 Å². The van der Waals surface area contributed by atoms with Gasteiger partial charge in [0.25, 0.3) is 0 Å². The Morgan fingerprint density at radius 2 is 1.52 bits per heavy atom. The third-order valence-electron chi connectivity index (χ3n) is 5.99. The highest BCUT2D eigenvalue weighted by molar-refractivity contribution is 5.45. The van der Waals surface area contributed by atoms with Crippen LogP contribution in [0.25, 0.3) is 0 Å². The van der Waals surface area contributed by atoms with Gasteiger partial charge in [-0.2, -0.15) is 5.26 Å². The van der Waals surface area contributed by atoms with Gasteiger partial charge in [0, 0.05) is 44.8 Å². The molecule has 0 aromatic carbocycles. The van der Waals surface area contributed by atoms with Gasteiger partial charge in [0.05, 0.1) is 11.6 Å². The lowest BCUT2D eigenvalue weighted by Crippen LogP contribution is -2.41. The molecule has 2 aromatic heterocycles. The standard InChI is InChI=1S/C21H26N6/c1-16-14-24-21(25-15-16)27-10-5-19(6-11-27)18-3-8-26(9-4-18)20-12-17(13-22)2-7-23-20/h2,7,12,14-15,18-19H,3-6,8-11H2,1H3. The number of aryl methyl sites for hydroxylation is 1. The van der Waals surface area contributed by atoms with Crippen molar-refractivity contribution in [1.29, 1.82) is 5.26 Å². The lowest BCUT2D eigenvalue weighted by molar-refractivity contribution is 0.232. The molecule has 4 heterocycles. The maximum Gasteiger partial charge on any atom is 0.225 e. The summed E-state index contributed by atoms with van der Waals surface area (Å²) in [6.45, 7) is 6.20. The zero-order chi connectivity index (χ0) is 18.6. The molecule has 6 nitrogen and oxygen atoms in total. The Hall–Kier alpha value is -2.68. The van der Waals surface area contributed by atoms with E-state index >= 15 is 0 Å². The van der Waals surface area contributed by atoms with Crippen molar-refractivity contribution >= 4 is 11.8 Å². The van der Waals surface area contributed by atoms with Crippen LogP contribution in [0.1, 0.15) is 36.8 Å². The summed E-state index contributed by atoms with van der Waals surface area (Å²) in [5, 5.41) is 9.08. The number of nitriles is 1. The molecule has 0 saturated carbocycles. The molecule has 0 radical (unpaired) electrons. The number of hydrogen-bond donors (Lipinski definition) is 0. The van der Waals surface area contributed by atoms with E-state index in [0.717, 1.165) is 55.3 Å². The van der Waals surface area contributed by atoms with Gasteiger partial charge in [-0.15, -0.1) is 0 Å². The summed E-state index contributed by atoms with van der Waals surface area (Å²) in [6, 6.07) is 5.87. The quantitative estimate of drug-likeness (QED) is 0.835. The van der Waals surface area contributed by atoms with Gasteiger partial charge in [0.2, 0.25) is 5.95 Å². The van der Waals surface area contributed by atoms with Crippen molar-refractivity contribution in [1.82, 2.24) is 15.0 Å². The fourth-order valence-corrected chi connectivity index (χ4v) is 4.38. The van der Waals surface area contributed by atoms with Gasteiger partial charge in [0.15, 0.2) is 0 Å². The van der Waals surface area contributed by atoms with Crippen LogP contribution in [0.3, 0.4) is 0 Å². The number of rotatable bonds is 3. The molecule has 0 unspecified atom stereocenters. The molecule has 6 heteroatoms. The van der Waals surface area contributed by atoms with E-state index in [-0.39, 0.29) is 0 Å². The van der Waals surface area contributed by atoms with E-state index < -0.39 is 0 Å². The largest absolute Gasteiger partial charge is 0.357 e. The summed E-state index contributed by atoms with van der Waals surface area (Å²) in [7, 11) is 0. The van der Waals surface area contributed by atoms with Crippen molar-refractivity contribution in [2.75, 3.05) is 36.0 Å². The Bertz CT molecular complexity index is 796. The average molecular weight is 362 g/mol. The van der Waals surface area contributed by atoms with E-state index in [1.54, 1.807) is 12.3 Å². The second-order valence-electron chi connectivity index (χ2n) is 7.72. The topological polar surface area (TPSA) is 68.9 Å². The molecule has 2 aromatic rings. The normalized spacial score (nSPS) is 19.1. The summed E-state index contributed by atoms with van der Waals surface area (Å²) in [6.07, 6.45) is 10.4. The summed E-state index contributed by atoms with van der Waals surface area (Å²) in [4.78, 5) is 18.1. The molecule has 27 heavy (non-hydrogen) atoms. The van der Waals surface area contributed by atoms with Gasteiger partial charge in [-0.3, -0.25) is 0 Å². The number of pyridine rings is 1. The molecule has 4 rings (SSSR count). The van der Waals surface area contributed by atoms with E-state index in [1.807, 2.05) is 25.4 Å². The number of piperidine rings is 2. The first-order valence-electron chi connectivity index (χ1n) is 9.87. The van der Waals surface area contributed by atoms with Gasteiger partial charge in [-0.1, -0.05) is 0 Å². The lowest BCUT2D eigenvalue weighted by Gasteiger charge is -2.40. The van der Waals surface area contributed by atoms with Gasteiger partial charge in [-0.05, 0) is 62.1 Å². The molecule has 0 amide bonds. The van der Waals surface area contributed by atoms with Crippen LogP contribution < -0.4 is 9.80 Å². The molecule has 2 aliphatic rings. The van der Waals surface area contributed by atoms with Crippen LogP contribution >= 0.6 is 0 Å². The van der Waals surface area contributed by atoms with Gasteiger partial charge in [0.1, 0.15) is 5.82 Å². The zero-order valence-electron chi connectivity index (χ0n) is 15.9. The smallest absolute Gasteiger partial charge is 0.225 e. The van der Waals surface area contributed by atoms with E-state index in [2.05, 4.69) is 30.8 Å². The SMILES string of the molecule is Cc1cnc(N2CCC(C3CCN(c4cc(C#N)ccn4)CC3)CC2)nc1. The molecular formula is C21H26N6. The first-order chi connectivity index (χ1) is 13.2. The highest BCUT2D eigenvalue weighted by atomic mass is 15.2. The highest BCUT2D eigenvalue weighted by Crippen LogP contribution is 2.34. The van der Waals surface area contributed by atoms with Gasteiger partial charge >= 0.3 is 0 Å². The summed E-state index contributed by atoms with van der Waals surface area (Å²) in [5.74, 6) is 3.41. The number of anilines is 2. The Labute approximate surface area is 160 Å². The molecule has 0 N–H and O–H groups in total. The van der Waals surface area contributed by atoms with Crippen molar-refractivity contribution in [3.8, 4) is 6.07 Å². The Morgan fingerprint density at radius 3 is 2.11 bits per heavy atom. The molecule has 2 saturated heterocycles. The highest BCUT2D eigenvalue weighted by Gasteiger charge is 2.30. The first kappa shape index (κ1) is 17.7. The summed E-state index contributed by atoms with van der Waals surface area (Å²) < 4.78 is 0. The van der Waals surface area contributed by atoms with Crippen molar-refractivity contribution in [2.45, 2.75) is 32.6 Å². The second kappa shape index (κ2) is 7.91. The zero-order valence-corrected chi connectivity index (χ0v) is 15.9. The van der Waals surface area contributed by atoms with Crippen molar-refractivity contribution in [2.24, 2.45) is 11.8 Å². The Kier molecular flexibility index (Phi) is 5.19. The summed E-state index contributed by atoms with van der Waals surface area (Å²) >= 11 is 0. The molecule has 0 aliphatic carbocycles. The number of hydrogen-bond acceptors (Lipinski definition) is 6. The summed E-state index contributed by atoms with van der Waals surface area (Å²) in [5.41, 5.74) is 1.79. The average Bonchev–Trinajstić information content (AvgIpc) is 2.75. The minimum atomic E-state index is 0.688. The molecule has 0 bridgehead atoms. The van der Waals surface area contributed by atoms with E-state index in [4.69, 9.17) is 5.26 Å². The maximum absolute atomic E-state index is 9.08. The van der Waals surface area contributed by atoms with Crippen LogP contribution in [0.2, 0.25) is 0 Å². The minimum Gasteiger partial charge on any atom is -0.357 e. The molecular weight excluding hydrogens is 336 g/mol. The monoisotopic (exact) mass is 362 g/mol. The van der Waals surface area contributed by atoms with Crippen molar-refractivity contribution in [3.05, 3.63) is 41.9 Å².